The number of nitrogens with zero attached hydrogens (tertiary/aromatic N) is 2. The molecule has 1 atom stereocenters. The largest absolute Gasteiger partial charge is 0.490 e. The van der Waals surface area contributed by atoms with Crippen molar-refractivity contribution in [3.05, 3.63) is 89.8 Å². The van der Waals surface area contributed by atoms with Crippen LogP contribution >= 0.6 is 22.7 Å². The number of thiophene rings is 1. The zero-order chi connectivity index (χ0) is 25.8. The number of hydrogen-bond donors (Lipinski definition) is 0. The van der Waals surface area contributed by atoms with Crippen LogP contribution in [0.2, 0.25) is 0 Å². The Balaban J connectivity index is 1.84. The van der Waals surface area contributed by atoms with Crippen molar-refractivity contribution in [2.24, 2.45) is 4.99 Å². The second kappa shape index (κ2) is 10.9. The zero-order valence-corrected chi connectivity index (χ0v) is 21.6. The number of aromatic nitrogens is 1. The Labute approximate surface area is 215 Å². The van der Waals surface area contributed by atoms with Crippen LogP contribution in [-0.2, 0) is 14.3 Å². The molecule has 3 heterocycles. The number of rotatable bonds is 8. The molecule has 0 radical (unpaired) electrons. The Kier molecular flexibility index (Phi) is 7.66. The van der Waals surface area contributed by atoms with Crippen LogP contribution in [0.1, 0.15) is 37.3 Å². The lowest BCUT2D eigenvalue weighted by Gasteiger charge is -2.23. The second-order valence-electron chi connectivity index (χ2n) is 7.72. The average Bonchev–Trinajstić information content (AvgIpc) is 3.47. The Morgan fingerprint density at radius 2 is 2.06 bits per heavy atom. The summed E-state index contributed by atoms with van der Waals surface area (Å²) in [5, 5.41) is 1.90. The Morgan fingerprint density at radius 3 is 2.72 bits per heavy atom. The molecule has 0 fully saturated rings. The topological polar surface area (TPSA) is 96.2 Å². The van der Waals surface area contributed by atoms with Gasteiger partial charge in [-0.25, -0.2) is 9.79 Å². The molecule has 8 nitrogen and oxygen atoms in total. The van der Waals surface area contributed by atoms with Crippen LogP contribution < -0.4 is 24.4 Å². The molecule has 0 aliphatic carbocycles. The van der Waals surface area contributed by atoms with Crippen molar-refractivity contribution in [1.82, 2.24) is 4.57 Å². The van der Waals surface area contributed by atoms with Gasteiger partial charge in [-0.2, -0.15) is 0 Å². The van der Waals surface area contributed by atoms with Gasteiger partial charge in [-0.15, -0.1) is 11.3 Å². The van der Waals surface area contributed by atoms with Crippen LogP contribution in [0.3, 0.4) is 0 Å². The number of hydrogen-bond acceptors (Lipinski definition) is 9. The monoisotopic (exact) mass is 524 g/mol. The third-order valence-corrected chi connectivity index (χ3v) is 7.11. The number of fused-ring (bicyclic) bond motifs is 1. The molecule has 4 rings (SSSR count). The molecule has 0 bridgehead atoms. The fraction of sp³-hybridized carbons (Fsp3) is 0.231. The standard InChI is InChI=1S/C26H24N2O6S2/c1-5-11-33-25(31)22-15(3)27-26-28(23(22)20-8-7-12-35-20)24(30)21(36-26)14-17-9-10-18(34-16(4)29)19(13-17)32-6-2/h5,7-10,12-14,23H,1,6,11H2,2-4H3. The lowest BCUT2D eigenvalue weighted by atomic mass is 10.0. The number of carbonyl (C=O) groups is 2. The molecule has 1 aliphatic heterocycles. The third-order valence-electron chi connectivity index (χ3n) is 5.21. The van der Waals surface area contributed by atoms with Crippen molar-refractivity contribution in [3.8, 4) is 11.5 Å². The number of benzene rings is 1. The molecule has 0 N–H and O–H groups in total. The fourth-order valence-electron chi connectivity index (χ4n) is 3.78. The van der Waals surface area contributed by atoms with E-state index in [4.69, 9.17) is 14.2 Å². The van der Waals surface area contributed by atoms with Gasteiger partial charge in [-0.1, -0.05) is 36.1 Å². The Morgan fingerprint density at radius 1 is 1.25 bits per heavy atom. The summed E-state index contributed by atoms with van der Waals surface area (Å²) < 4.78 is 18.1. The van der Waals surface area contributed by atoms with Gasteiger partial charge in [0.1, 0.15) is 12.6 Å². The minimum absolute atomic E-state index is 0.0582. The molecule has 0 amide bonds. The fourth-order valence-corrected chi connectivity index (χ4v) is 5.65. The maximum Gasteiger partial charge on any atom is 0.338 e. The lowest BCUT2D eigenvalue weighted by molar-refractivity contribution is -0.138. The van der Waals surface area contributed by atoms with Crippen LogP contribution in [0.5, 0.6) is 11.5 Å². The first-order valence-corrected chi connectivity index (χ1v) is 12.8. The Hall–Kier alpha value is -3.76. The van der Waals surface area contributed by atoms with E-state index >= 15 is 0 Å². The quantitative estimate of drug-likeness (QED) is 0.255. The lowest BCUT2D eigenvalue weighted by Crippen LogP contribution is -2.39. The van der Waals surface area contributed by atoms with Gasteiger partial charge in [0, 0.05) is 11.8 Å². The maximum absolute atomic E-state index is 13.6. The van der Waals surface area contributed by atoms with Gasteiger partial charge in [0.2, 0.25) is 0 Å². The highest BCUT2D eigenvalue weighted by atomic mass is 32.1. The molecule has 0 spiro atoms. The summed E-state index contributed by atoms with van der Waals surface area (Å²) in [7, 11) is 0. The normalized spacial score (nSPS) is 15.2. The van der Waals surface area contributed by atoms with Crippen molar-refractivity contribution >= 4 is 40.7 Å². The van der Waals surface area contributed by atoms with Gasteiger partial charge >= 0.3 is 11.9 Å². The van der Waals surface area contributed by atoms with E-state index in [9.17, 15) is 14.4 Å². The number of allylic oxidation sites excluding steroid dienone is 1. The Bertz CT molecular complexity index is 1530. The van der Waals surface area contributed by atoms with E-state index in [-0.39, 0.29) is 12.2 Å². The summed E-state index contributed by atoms with van der Waals surface area (Å²) >= 11 is 2.68. The highest BCUT2D eigenvalue weighted by molar-refractivity contribution is 7.10. The SMILES string of the molecule is C=CCOC(=O)C1=C(C)N=c2sc(=Cc3ccc(OC(C)=O)c(OCC)c3)c(=O)n2C1c1cccs1. The number of ether oxygens (including phenoxy) is 3. The molecule has 1 unspecified atom stereocenters. The van der Waals surface area contributed by atoms with Gasteiger partial charge in [0.05, 0.1) is 22.4 Å². The van der Waals surface area contributed by atoms with Crippen molar-refractivity contribution in [2.75, 3.05) is 13.2 Å². The van der Waals surface area contributed by atoms with Gasteiger partial charge < -0.3 is 14.2 Å². The zero-order valence-electron chi connectivity index (χ0n) is 20.0. The molecular formula is C26H24N2O6S2. The summed E-state index contributed by atoms with van der Waals surface area (Å²) in [5.74, 6) is -0.289. The van der Waals surface area contributed by atoms with Crippen LogP contribution in [0.15, 0.2) is 69.4 Å². The van der Waals surface area contributed by atoms with E-state index in [2.05, 4.69) is 11.6 Å². The van der Waals surface area contributed by atoms with E-state index < -0.39 is 18.0 Å². The van der Waals surface area contributed by atoms with Gasteiger partial charge in [-0.3, -0.25) is 14.2 Å². The highest BCUT2D eigenvalue weighted by Crippen LogP contribution is 2.33. The van der Waals surface area contributed by atoms with E-state index in [1.165, 1.54) is 40.2 Å². The van der Waals surface area contributed by atoms with E-state index in [1.54, 1.807) is 31.2 Å². The molecule has 36 heavy (non-hydrogen) atoms. The van der Waals surface area contributed by atoms with Crippen LogP contribution in [0, 0.1) is 0 Å². The average molecular weight is 525 g/mol. The van der Waals surface area contributed by atoms with Crippen LogP contribution in [-0.4, -0.2) is 29.7 Å². The molecular weight excluding hydrogens is 500 g/mol. The van der Waals surface area contributed by atoms with Gasteiger partial charge in [0.15, 0.2) is 16.3 Å². The highest BCUT2D eigenvalue weighted by Gasteiger charge is 2.33. The predicted molar refractivity (Wildman–Crippen MR) is 138 cm³/mol. The maximum atomic E-state index is 13.6. The number of esters is 2. The molecule has 0 saturated heterocycles. The molecule has 3 aromatic rings. The number of thiazole rings is 1. The summed E-state index contributed by atoms with van der Waals surface area (Å²) in [6.45, 7) is 8.91. The van der Waals surface area contributed by atoms with Gasteiger partial charge in [-0.05, 0) is 49.1 Å². The van der Waals surface area contributed by atoms with Crippen molar-refractivity contribution in [1.29, 1.82) is 0 Å². The van der Waals surface area contributed by atoms with E-state index in [0.717, 1.165) is 4.88 Å². The van der Waals surface area contributed by atoms with Crippen molar-refractivity contribution < 1.29 is 23.8 Å². The first-order chi connectivity index (χ1) is 17.3. The molecule has 1 aliphatic rings. The predicted octanol–water partition coefficient (Wildman–Crippen LogP) is 3.35. The molecule has 0 saturated carbocycles. The van der Waals surface area contributed by atoms with E-state index in [0.29, 0.717) is 44.3 Å². The molecule has 10 heteroatoms. The van der Waals surface area contributed by atoms with Crippen molar-refractivity contribution in [2.45, 2.75) is 26.8 Å². The summed E-state index contributed by atoms with van der Waals surface area (Å²) in [5.41, 5.74) is 1.23. The smallest absolute Gasteiger partial charge is 0.338 e. The van der Waals surface area contributed by atoms with Crippen LogP contribution in [0.4, 0.5) is 0 Å². The summed E-state index contributed by atoms with van der Waals surface area (Å²) in [6, 6.07) is 8.18. The first kappa shape index (κ1) is 25.3. The van der Waals surface area contributed by atoms with Crippen LogP contribution in [0.25, 0.3) is 6.08 Å². The minimum atomic E-state index is -0.647. The van der Waals surface area contributed by atoms with E-state index in [1.807, 2.05) is 24.4 Å². The third kappa shape index (κ3) is 5.09. The summed E-state index contributed by atoms with van der Waals surface area (Å²) in [6.07, 6.45) is 3.22. The second-order valence-corrected chi connectivity index (χ2v) is 9.71. The van der Waals surface area contributed by atoms with Crippen molar-refractivity contribution in [3.63, 3.8) is 0 Å². The first-order valence-electron chi connectivity index (χ1n) is 11.1. The minimum Gasteiger partial charge on any atom is -0.490 e. The summed E-state index contributed by atoms with van der Waals surface area (Å²) in [4.78, 5) is 43.9. The number of carbonyl (C=O) groups excluding carboxylic acids is 2. The van der Waals surface area contributed by atoms with Gasteiger partial charge in [0.25, 0.3) is 5.56 Å². The molecule has 1 aromatic carbocycles. The molecule has 186 valence electrons. The molecule has 2 aromatic heterocycles.